The Hall–Kier alpha value is -1.07. The summed E-state index contributed by atoms with van der Waals surface area (Å²) in [5.74, 6) is 0.398. The van der Waals surface area contributed by atoms with Gasteiger partial charge in [0.15, 0.2) is 5.15 Å². The van der Waals surface area contributed by atoms with Crippen LogP contribution in [0.3, 0.4) is 0 Å². The van der Waals surface area contributed by atoms with Gasteiger partial charge in [-0.15, -0.1) is 0 Å². The number of likely N-dealkylation sites (tertiary alicyclic amines) is 1. The van der Waals surface area contributed by atoms with Crippen LogP contribution in [0.4, 0.5) is 0 Å². The summed E-state index contributed by atoms with van der Waals surface area (Å²) in [5, 5.41) is 9.91. The maximum atomic E-state index is 11.5. The third-order valence-electron chi connectivity index (χ3n) is 4.23. The van der Waals surface area contributed by atoms with E-state index in [4.69, 9.17) is 11.6 Å². The minimum absolute atomic E-state index is 0.302. The molecule has 0 spiro atoms. The van der Waals surface area contributed by atoms with Gasteiger partial charge in [0.1, 0.15) is 11.9 Å². The normalized spacial score (nSPS) is 27.5. The van der Waals surface area contributed by atoms with Gasteiger partial charge < -0.3 is 14.6 Å². The van der Waals surface area contributed by atoms with Crippen molar-refractivity contribution in [3.63, 3.8) is 0 Å². The molecule has 1 saturated heterocycles. The molecule has 2 aliphatic rings. The van der Waals surface area contributed by atoms with Gasteiger partial charge in [-0.1, -0.05) is 11.6 Å². The fraction of sp³-hybridized carbons (Fsp3) is 0.692. The topological polar surface area (TPSA) is 58.4 Å². The number of nitrogens with zero attached hydrogens (tertiary/aromatic N) is 3. The molecule has 0 aliphatic carbocycles. The zero-order valence-corrected chi connectivity index (χ0v) is 11.7. The van der Waals surface area contributed by atoms with E-state index in [9.17, 15) is 9.90 Å². The standard InChI is InChI=1S/C13H18ClN3O2/c1-16-6-5-8(7-16)12-15-11(14)9-3-2-4-10(13(18)19)17(9)12/h8,10H,2-7H2,1H3,(H,18,19). The molecule has 0 aromatic carbocycles. The molecule has 19 heavy (non-hydrogen) atoms. The molecule has 1 aromatic heterocycles. The van der Waals surface area contributed by atoms with E-state index in [0.717, 1.165) is 43.9 Å². The van der Waals surface area contributed by atoms with Crippen molar-refractivity contribution in [1.29, 1.82) is 0 Å². The number of halogens is 1. The van der Waals surface area contributed by atoms with Gasteiger partial charge in [-0.05, 0) is 39.3 Å². The number of rotatable bonds is 2. The Bertz CT molecular complexity index is 514. The minimum Gasteiger partial charge on any atom is -0.480 e. The second kappa shape index (κ2) is 4.80. The minimum atomic E-state index is -0.775. The van der Waals surface area contributed by atoms with E-state index >= 15 is 0 Å². The van der Waals surface area contributed by atoms with Gasteiger partial charge >= 0.3 is 5.97 Å². The van der Waals surface area contributed by atoms with Gasteiger partial charge in [0.25, 0.3) is 0 Å². The largest absolute Gasteiger partial charge is 0.480 e. The van der Waals surface area contributed by atoms with E-state index < -0.39 is 12.0 Å². The van der Waals surface area contributed by atoms with Crippen molar-refractivity contribution in [2.75, 3.05) is 20.1 Å². The van der Waals surface area contributed by atoms with Crippen LogP contribution in [0.5, 0.6) is 0 Å². The van der Waals surface area contributed by atoms with Gasteiger partial charge in [0, 0.05) is 12.5 Å². The lowest BCUT2D eigenvalue weighted by Gasteiger charge is -2.25. The second-order valence-electron chi connectivity index (χ2n) is 5.57. The predicted molar refractivity (Wildman–Crippen MR) is 71.7 cm³/mol. The summed E-state index contributed by atoms with van der Waals surface area (Å²) in [6.45, 7) is 1.96. The highest BCUT2D eigenvalue weighted by molar-refractivity contribution is 6.30. The number of hydrogen-bond acceptors (Lipinski definition) is 3. The summed E-state index contributed by atoms with van der Waals surface area (Å²) in [6, 6.07) is -0.496. The average Bonchev–Trinajstić information content (AvgIpc) is 2.94. The summed E-state index contributed by atoms with van der Waals surface area (Å²) < 4.78 is 1.90. The van der Waals surface area contributed by atoms with Crippen LogP contribution >= 0.6 is 11.6 Å². The Labute approximate surface area is 117 Å². The highest BCUT2D eigenvalue weighted by atomic mass is 35.5. The molecule has 1 fully saturated rings. The number of hydrogen-bond donors (Lipinski definition) is 1. The number of carbonyl (C=O) groups is 1. The van der Waals surface area contributed by atoms with Crippen LogP contribution in [0.1, 0.15) is 42.7 Å². The average molecular weight is 284 g/mol. The zero-order chi connectivity index (χ0) is 13.6. The van der Waals surface area contributed by atoms with Crippen LogP contribution in [0, 0.1) is 0 Å². The quantitative estimate of drug-likeness (QED) is 0.901. The van der Waals surface area contributed by atoms with Crippen molar-refractivity contribution < 1.29 is 9.90 Å². The van der Waals surface area contributed by atoms with E-state index in [1.165, 1.54) is 0 Å². The molecule has 6 heteroatoms. The third-order valence-corrected chi connectivity index (χ3v) is 4.54. The first-order valence-corrected chi connectivity index (χ1v) is 7.13. The van der Waals surface area contributed by atoms with Crippen LogP contribution in [-0.4, -0.2) is 45.7 Å². The van der Waals surface area contributed by atoms with Crippen LogP contribution in [-0.2, 0) is 11.2 Å². The number of imidazole rings is 1. The number of carboxylic acid groups (broad SMARTS) is 1. The molecule has 2 aliphatic heterocycles. The van der Waals surface area contributed by atoms with E-state index in [-0.39, 0.29) is 0 Å². The molecule has 1 N–H and O–H groups in total. The number of carboxylic acids is 1. The Morgan fingerprint density at radius 1 is 1.47 bits per heavy atom. The summed E-state index contributed by atoms with van der Waals surface area (Å²) in [6.07, 6.45) is 3.39. The van der Waals surface area contributed by atoms with E-state index in [0.29, 0.717) is 17.5 Å². The number of fused-ring (bicyclic) bond motifs is 1. The first-order chi connectivity index (χ1) is 9.08. The van der Waals surface area contributed by atoms with Crippen molar-refractivity contribution >= 4 is 17.6 Å². The first kappa shape index (κ1) is 12.9. The fourth-order valence-corrected chi connectivity index (χ4v) is 3.56. The molecular weight excluding hydrogens is 266 g/mol. The lowest BCUT2D eigenvalue weighted by molar-refractivity contribution is -0.141. The SMILES string of the molecule is CN1CCC(c2nc(Cl)c3n2C(C(=O)O)CCC3)C1. The van der Waals surface area contributed by atoms with Crippen LogP contribution in [0.25, 0.3) is 0 Å². The van der Waals surface area contributed by atoms with Crippen molar-refractivity contribution in [2.45, 2.75) is 37.6 Å². The smallest absolute Gasteiger partial charge is 0.326 e. The van der Waals surface area contributed by atoms with Crippen LogP contribution < -0.4 is 0 Å². The second-order valence-corrected chi connectivity index (χ2v) is 5.93. The van der Waals surface area contributed by atoms with Crippen LogP contribution in [0.2, 0.25) is 5.15 Å². The molecular formula is C13H18ClN3O2. The number of aliphatic carboxylic acids is 1. The van der Waals surface area contributed by atoms with Crippen LogP contribution in [0.15, 0.2) is 0 Å². The lowest BCUT2D eigenvalue weighted by atomic mass is 10.0. The Morgan fingerprint density at radius 2 is 2.26 bits per heavy atom. The molecule has 0 radical (unpaired) electrons. The van der Waals surface area contributed by atoms with Gasteiger partial charge in [0.05, 0.1) is 5.69 Å². The summed E-state index contributed by atoms with van der Waals surface area (Å²) in [5.41, 5.74) is 0.907. The molecule has 5 nitrogen and oxygen atoms in total. The zero-order valence-electron chi connectivity index (χ0n) is 11.0. The fourth-order valence-electron chi connectivity index (χ4n) is 3.29. The van der Waals surface area contributed by atoms with E-state index in [1.54, 1.807) is 0 Å². The maximum absolute atomic E-state index is 11.5. The molecule has 3 rings (SSSR count). The summed E-state index contributed by atoms with van der Waals surface area (Å²) in [4.78, 5) is 18.2. The van der Waals surface area contributed by atoms with Crippen molar-refractivity contribution in [3.8, 4) is 0 Å². The van der Waals surface area contributed by atoms with E-state index in [1.807, 2.05) is 4.57 Å². The van der Waals surface area contributed by atoms with Gasteiger partial charge in [-0.25, -0.2) is 9.78 Å². The molecule has 3 heterocycles. The monoisotopic (exact) mass is 283 g/mol. The maximum Gasteiger partial charge on any atom is 0.326 e. The summed E-state index contributed by atoms with van der Waals surface area (Å²) >= 11 is 6.21. The van der Waals surface area contributed by atoms with Crippen molar-refractivity contribution in [1.82, 2.24) is 14.5 Å². The molecule has 104 valence electrons. The van der Waals surface area contributed by atoms with Gasteiger partial charge in [-0.2, -0.15) is 0 Å². The van der Waals surface area contributed by atoms with Gasteiger partial charge in [0.2, 0.25) is 0 Å². The third kappa shape index (κ3) is 2.15. The molecule has 2 atom stereocenters. The molecule has 2 unspecified atom stereocenters. The number of likely N-dealkylation sites (N-methyl/N-ethyl adjacent to an activating group) is 1. The Kier molecular flexibility index (Phi) is 3.27. The Morgan fingerprint density at radius 3 is 2.89 bits per heavy atom. The number of aromatic nitrogens is 2. The molecule has 1 aromatic rings. The molecule has 0 saturated carbocycles. The van der Waals surface area contributed by atoms with Crippen molar-refractivity contribution in [2.24, 2.45) is 0 Å². The lowest BCUT2D eigenvalue weighted by Crippen LogP contribution is -2.27. The highest BCUT2D eigenvalue weighted by Gasteiger charge is 2.35. The van der Waals surface area contributed by atoms with E-state index in [2.05, 4.69) is 16.9 Å². The first-order valence-electron chi connectivity index (χ1n) is 6.75. The summed E-state index contributed by atoms with van der Waals surface area (Å²) in [7, 11) is 2.08. The highest BCUT2D eigenvalue weighted by Crippen LogP contribution is 2.36. The van der Waals surface area contributed by atoms with Crippen molar-refractivity contribution in [3.05, 3.63) is 16.7 Å². The Balaban J connectivity index is 2.03. The predicted octanol–water partition coefficient (Wildman–Crippen LogP) is 1.92. The molecule has 0 amide bonds. The molecule has 0 bridgehead atoms. The van der Waals surface area contributed by atoms with Gasteiger partial charge in [-0.3, -0.25) is 0 Å².